The summed E-state index contributed by atoms with van der Waals surface area (Å²) in [6.45, 7) is 16.4. The van der Waals surface area contributed by atoms with Crippen LogP contribution in [0.1, 0.15) is 58.2 Å². The molecule has 41 heavy (non-hydrogen) atoms. The SMILES string of the molecule is CCN1/C(=C/C=C(/C=C/C2=[N+](CC)c3ccccc3C2(C)C)Sc2ccc(CCN)cc2)C(C)(C)c2ccccc21. The van der Waals surface area contributed by atoms with Gasteiger partial charge in [-0.15, -0.1) is 0 Å². The monoisotopic (exact) mass is 562 g/mol. The van der Waals surface area contributed by atoms with Crippen molar-refractivity contribution in [2.75, 3.05) is 24.5 Å². The van der Waals surface area contributed by atoms with E-state index >= 15 is 0 Å². The molecule has 0 bridgehead atoms. The van der Waals surface area contributed by atoms with E-state index < -0.39 is 0 Å². The van der Waals surface area contributed by atoms with E-state index in [4.69, 9.17) is 5.73 Å². The van der Waals surface area contributed by atoms with Crippen molar-refractivity contribution in [3.8, 4) is 0 Å². The molecular formula is C37H44N3S+. The van der Waals surface area contributed by atoms with Gasteiger partial charge in [0, 0.05) is 50.9 Å². The van der Waals surface area contributed by atoms with Crippen molar-refractivity contribution in [3.63, 3.8) is 0 Å². The van der Waals surface area contributed by atoms with E-state index in [2.05, 4.69) is 148 Å². The highest BCUT2D eigenvalue weighted by Gasteiger charge is 2.43. The first-order chi connectivity index (χ1) is 19.7. The summed E-state index contributed by atoms with van der Waals surface area (Å²) >= 11 is 1.82. The van der Waals surface area contributed by atoms with Crippen LogP contribution < -0.4 is 10.6 Å². The minimum Gasteiger partial charge on any atom is -0.344 e. The molecule has 0 unspecified atom stereocenters. The zero-order valence-electron chi connectivity index (χ0n) is 25.4. The lowest BCUT2D eigenvalue weighted by Crippen LogP contribution is -2.27. The van der Waals surface area contributed by atoms with Gasteiger partial charge in [0.15, 0.2) is 5.71 Å². The zero-order chi connectivity index (χ0) is 29.2. The number of rotatable bonds is 9. The molecule has 3 aromatic rings. The minimum atomic E-state index is -0.0602. The molecule has 3 nitrogen and oxygen atoms in total. The number of nitrogens with zero attached hydrogens (tertiary/aromatic N) is 2. The molecular weight excluding hydrogens is 518 g/mol. The van der Waals surface area contributed by atoms with Crippen LogP contribution in [0.3, 0.4) is 0 Å². The van der Waals surface area contributed by atoms with Gasteiger partial charge in [0.05, 0.1) is 5.41 Å². The van der Waals surface area contributed by atoms with Gasteiger partial charge >= 0.3 is 0 Å². The van der Waals surface area contributed by atoms with Crippen molar-refractivity contribution in [3.05, 3.63) is 124 Å². The summed E-state index contributed by atoms with van der Waals surface area (Å²) in [4.78, 5) is 4.90. The Bertz CT molecular complexity index is 1540. The van der Waals surface area contributed by atoms with E-state index in [1.165, 1.54) is 49.3 Å². The third-order valence-corrected chi connectivity index (χ3v) is 9.65. The van der Waals surface area contributed by atoms with Gasteiger partial charge in [-0.25, -0.2) is 0 Å². The number of allylic oxidation sites excluding steroid dienone is 5. The molecule has 0 saturated heterocycles. The van der Waals surface area contributed by atoms with Gasteiger partial charge in [-0.1, -0.05) is 74.1 Å². The molecule has 0 spiro atoms. The molecule has 0 saturated carbocycles. The van der Waals surface area contributed by atoms with Crippen LogP contribution in [-0.4, -0.2) is 29.9 Å². The number of hydrogen-bond acceptors (Lipinski definition) is 3. The van der Waals surface area contributed by atoms with E-state index in [-0.39, 0.29) is 10.8 Å². The molecule has 3 aromatic carbocycles. The average molecular weight is 563 g/mol. The summed E-state index contributed by atoms with van der Waals surface area (Å²) in [5, 5.41) is 0. The summed E-state index contributed by atoms with van der Waals surface area (Å²) in [6, 6.07) is 26.5. The molecule has 2 aliphatic rings. The Hall–Kier alpha value is -3.34. The fourth-order valence-corrected chi connectivity index (χ4v) is 7.25. The number of fused-ring (bicyclic) bond motifs is 2. The Morgan fingerprint density at radius 1 is 0.878 bits per heavy atom. The predicted octanol–water partition coefficient (Wildman–Crippen LogP) is 8.52. The van der Waals surface area contributed by atoms with Gasteiger partial charge < -0.3 is 10.6 Å². The van der Waals surface area contributed by atoms with Crippen molar-refractivity contribution in [1.82, 2.24) is 0 Å². The van der Waals surface area contributed by atoms with Crippen LogP contribution in [-0.2, 0) is 17.3 Å². The summed E-state index contributed by atoms with van der Waals surface area (Å²) in [5.74, 6) is 0. The molecule has 0 fully saturated rings. The third kappa shape index (κ3) is 5.48. The van der Waals surface area contributed by atoms with Gasteiger partial charge in [0.1, 0.15) is 6.54 Å². The molecule has 212 valence electrons. The second-order valence-electron chi connectivity index (χ2n) is 11.9. The maximum Gasteiger partial charge on any atom is 0.209 e. The highest BCUT2D eigenvalue weighted by molar-refractivity contribution is 8.03. The second kappa shape index (κ2) is 11.9. The van der Waals surface area contributed by atoms with Gasteiger partial charge in [-0.05, 0) is 88.2 Å². The van der Waals surface area contributed by atoms with Crippen molar-refractivity contribution < 1.29 is 4.58 Å². The summed E-state index contributed by atoms with van der Waals surface area (Å²) in [7, 11) is 0. The first-order valence-corrected chi connectivity index (χ1v) is 15.7. The Kier molecular flexibility index (Phi) is 8.45. The highest BCUT2D eigenvalue weighted by Crippen LogP contribution is 2.47. The standard InChI is InChI=1S/C37H44N3S/c1-7-39-32-15-11-9-13-30(32)36(3,4)34(39)23-21-29(41-28-19-17-27(18-20-28)25-26-38)22-24-35-37(5,6)31-14-10-12-16-33(31)40(35)8-2/h9-24H,7-8,25-26,38H2,1-6H3/q+1. The number of likely N-dealkylation sites (N-methyl/N-ethyl adjacent to an activating group) is 1. The van der Waals surface area contributed by atoms with Crippen molar-refractivity contribution >= 4 is 28.8 Å². The Labute approximate surface area is 251 Å². The third-order valence-electron chi connectivity index (χ3n) is 8.63. The van der Waals surface area contributed by atoms with Crippen LogP contribution in [0.5, 0.6) is 0 Å². The van der Waals surface area contributed by atoms with Crippen molar-refractivity contribution in [2.45, 2.75) is 63.7 Å². The average Bonchev–Trinajstić information content (AvgIpc) is 3.33. The summed E-state index contributed by atoms with van der Waals surface area (Å²) in [5.41, 5.74) is 15.0. The maximum absolute atomic E-state index is 5.79. The predicted molar refractivity (Wildman–Crippen MR) is 178 cm³/mol. The number of benzene rings is 3. The summed E-state index contributed by atoms with van der Waals surface area (Å²) in [6.07, 6.45) is 10.2. The topological polar surface area (TPSA) is 32.3 Å². The van der Waals surface area contributed by atoms with Crippen LogP contribution in [0.2, 0.25) is 0 Å². The maximum atomic E-state index is 5.79. The van der Waals surface area contributed by atoms with E-state index in [1.54, 1.807) is 0 Å². The molecule has 0 aliphatic carbocycles. The fraction of sp³-hybridized carbons (Fsp3) is 0.324. The van der Waals surface area contributed by atoms with E-state index in [1.807, 2.05) is 11.8 Å². The Morgan fingerprint density at radius 3 is 2.24 bits per heavy atom. The van der Waals surface area contributed by atoms with Gasteiger partial charge in [-0.3, -0.25) is 0 Å². The smallest absolute Gasteiger partial charge is 0.209 e. The fourth-order valence-electron chi connectivity index (χ4n) is 6.44. The van der Waals surface area contributed by atoms with Crippen molar-refractivity contribution in [1.29, 1.82) is 0 Å². The van der Waals surface area contributed by atoms with Crippen LogP contribution >= 0.6 is 11.8 Å². The van der Waals surface area contributed by atoms with Crippen LogP contribution in [0.25, 0.3) is 0 Å². The van der Waals surface area contributed by atoms with Gasteiger partial charge in [0.25, 0.3) is 0 Å². The van der Waals surface area contributed by atoms with Gasteiger partial charge in [0.2, 0.25) is 5.69 Å². The van der Waals surface area contributed by atoms with Crippen molar-refractivity contribution in [2.24, 2.45) is 5.73 Å². The van der Waals surface area contributed by atoms with E-state index in [0.29, 0.717) is 6.54 Å². The van der Waals surface area contributed by atoms with Crippen LogP contribution in [0.15, 0.2) is 113 Å². The molecule has 2 aliphatic heterocycles. The molecule has 2 heterocycles. The number of para-hydroxylation sites is 2. The Morgan fingerprint density at radius 2 is 1.56 bits per heavy atom. The quantitative estimate of drug-likeness (QED) is 0.161. The number of nitrogens with two attached hydrogens (primary N) is 1. The zero-order valence-corrected chi connectivity index (χ0v) is 26.3. The number of hydrogen-bond donors (Lipinski definition) is 1. The second-order valence-corrected chi connectivity index (χ2v) is 13.0. The molecule has 0 aromatic heterocycles. The summed E-state index contributed by atoms with van der Waals surface area (Å²) < 4.78 is 2.46. The first kappa shape index (κ1) is 29.2. The molecule has 4 heteroatoms. The normalized spacial score (nSPS) is 18.5. The highest BCUT2D eigenvalue weighted by atomic mass is 32.2. The molecule has 0 radical (unpaired) electrons. The molecule has 0 amide bonds. The van der Waals surface area contributed by atoms with E-state index in [9.17, 15) is 0 Å². The lowest BCUT2D eigenvalue weighted by Gasteiger charge is -2.26. The molecule has 0 atom stereocenters. The first-order valence-electron chi connectivity index (χ1n) is 14.9. The number of thioether (sulfide) groups is 1. The van der Waals surface area contributed by atoms with Crippen LogP contribution in [0.4, 0.5) is 11.4 Å². The molecule has 5 rings (SSSR count). The lowest BCUT2D eigenvalue weighted by molar-refractivity contribution is -0.433. The molecule has 2 N–H and O–H groups in total. The van der Waals surface area contributed by atoms with Gasteiger partial charge in [-0.2, -0.15) is 4.58 Å². The van der Waals surface area contributed by atoms with Crippen LogP contribution in [0, 0.1) is 0 Å². The number of anilines is 1. The van der Waals surface area contributed by atoms with E-state index in [0.717, 1.165) is 19.5 Å². The largest absolute Gasteiger partial charge is 0.344 e. The Balaban J connectivity index is 1.56. The lowest BCUT2D eigenvalue weighted by atomic mass is 9.81. The minimum absolute atomic E-state index is 0.0602.